The number of aromatic nitrogens is 2. The molecule has 1 aliphatic rings. The Morgan fingerprint density at radius 3 is 2.72 bits per heavy atom. The summed E-state index contributed by atoms with van der Waals surface area (Å²) in [7, 11) is 0. The number of nitrogens with zero attached hydrogens (tertiary/aromatic N) is 3. The van der Waals surface area contributed by atoms with Gasteiger partial charge in [0.05, 0.1) is 18.2 Å². The van der Waals surface area contributed by atoms with Gasteiger partial charge in [0.1, 0.15) is 11.9 Å². The average molecular weight is 341 g/mol. The highest BCUT2D eigenvalue weighted by molar-refractivity contribution is 5.94. The molecule has 0 N–H and O–H groups in total. The second-order valence-electron chi connectivity index (χ2n) is 6.37. The molecule has 1 fully saturated rings. The Morgan fingerprint density at radius 1 is 1.24 bits per heavy atom. The van der Waals surface area contributed by atoms with Crippen molar-refractivity contribution < 1.29 is 14.3 Å². The second kappa shape index (κ2) is 7.96. The van der Waals surface area contributed by atoms with Gasteiger partial charge >= 0.3 is 0 Å². The van der Waals surface area contributed by atoms with Crippen LogP contribution in [0.15, 0.2) is 42.9 Å². The Hall–Kier alpha value is -2.63. The van der Waals surface area contributed by atoms with Crippen LogP contribution in [-0.2, 0) is 0 Å². The van der Waals surface area contributed by atoms with Crippen molar-refractivity contribution in [2.24, 2.45) is 0 Å². The van der Waals surface area contributed by atoms with Crippen LogP contribution >= 0.6 is 0 Å². The van der Waals surface area contributed by atoms with E-state index in [1.165, 1.54) is 0 Å². The molecular formula is C19H23N3O3. The molecule has 6 nitrogen and oxygen atoms in total. The molecule has 1 amide bonds. The molecule has 0 unspecified atom stereocenters. The van der Waals surface area contributed by atoms with E-state index in [-0.39, 0.29) is 18.1 Å². The third-order valence-corrected chi connectivity index (χ3v) is 3.96. The van der Waals surface area contributed by atoms with Crippen LogP contribution < -0.4 is 9.47 Å². The summed E-state index contributed by atoms with van der Waals surface area (Å²) in [5.74, 6) is 1.29. The molecule has 0 bridgehead atoms. The van der Waals surface area contributed by atoms with Crippen LogP contribution in [0.3, 0.4) is 0 Å². The number of carbonyl (C=O) groups is 1. The Balaban J connectivity index is 1.61. The van der Waals surface area contributed by atoms with E-state index in [1.807, 2.05) is 30.9 Å². The first kappa shape index (κ1) is 17.2. The van der Waals surface area contributed by atoms with E-state index in [9.17, 15) is 4.79 Å². The molecular weight excluding hydrogens is 318 g/mol. The summed E-state index contributed by atoms with van der Waals surface area (Å²) in [6.45, 7) is 5.19. The number of ether oxygens (including phenoxy) is 2. The zero-order valence-electron chi connectivity index (χ0n) is 14.6. The number of amides is 1. The predicted molar refractivity (Wildman–Crippen MR) is 93.8 cm³/mol. The van der Waals surface area contributed by atoms with Crippen LogP contribution in [0.2, 0.25) is 0 Å². The van der Waals surface area contributed by atoms with Crippen molar-refractivity contribution >= 4 is 5.91 Å². The number of rotatable bonds is 5. The maximum Gasteiger partial charge on any atom is 0.255 e. The third kappa shape index (κ3) is 4.68. The summed E-state index contributed by atoms with van der Waals surface area (Å²) in [4.78, 5) is 22.7. The van der Waals surface area contributed by atoms with Gasteiger partial charge in [-0.1, -0.05) is 0 Å². The van der Waals surface area contributed by atoms with Gasteiger partial charge in [-0.2, -0.15) is 0 Å². The van der Waals surface area contributed by atoms with Crippen LogP contribution in [0.5, 0.6) is 11.6 Å². The zero-order chi connectivity index (χ0) is 17.6. The first-order valence-corrected chi connectivity index (χ1v) is 8.60. The monoisotopic (exact) mass is 341 g/mol. The second-order valence-corrected chi connectivity index (χ2v) is 6.37. The highest BCUT2D eigenvalue weighted by Gasteiger charge is 2.26. The van der Waals surface area contributed by atoms with Gasteiger partial charge in [-0.3, -0.25) is 9.78 Å². The van der Waals surface area contributed by atoms with Crippen molar-refractivity contribution in [3.05, 3.63) is 48.4 Å². The molecule has 0 aliphatic carbocycles. The SMILES string of the molecule is CC(C)Oc1ccc(C(=O)N2CCC[C@H](Oc3ccncc3)C2)cn1. The maximum absolute atomic E-state index is 12.7. The summed E-state index contributed by atoms with van der Waals surface area (Å²) >= 11 is 0. The number of likely N-dealkylation sites (tertiary alicyclic amines) is 1. The molecule has 1 aliphatic heterocycles. The maximum atomic E-state index is 12.7. The van der Waals surface area contributed by atoms with E-state index < -0.39 is 0 Å². The lowest BCUT2D eigenvalue weighted by atomic mass is 10.1. The summed E-state index contributed by atoms with van der Waals surface area (Å²) < 4.78 is 11.5. The number of pyridine rings is 2. The normalized spacial score (nSPS) is 17.4. The minimum Gasteiger partial charge on any atom is -0.488 e. The molecule has 2 aromatic rings. The molecule has 0 radical (unpaired) electrons. The van der Waals surface area contributed by atoms with Crippen molar-refractivity contribution in [3.63, 3.8) is 0 Å². The quantitative estimate of drug-likeness (QED) is 0.836. The van der Waals surface area contributed by atoms with Crippen molar-refractivity contribution in [2.45, 2.75) is 38.9 Å². The summed E-state index contributed by atoms with van der Waals surface area (Å²) in [6, 6.07) is 7.17. The molecule has 25 heavy (non-hydrogen) atoms. The summed E-state index contributed by atoms with van der Waals surface area (Å²) in [6.07, 6.45) is 6.89. The van der Waals surface area contributed by atoms with Crippen LogP contribution in [0.1, 0.15) is 37.0 Å². The molecule has 1 saturated heterocycles. The number of carbonyl (C=O) groups excluding carboxylic acids is 1. The molecule has 2 aromatic heterocycles. The first-order valence-electron chi connectivity index (χ1n) is 8.60. The number of hydrogen-bond acceptors (Lipinski definition) is 5. The fourth-order valence-electron chi connectivity index (χ4n) is 2.83. The van der Waals surface area contributed by atoms with E-state index >= 15 is 0 Å². The standard InChI is InChI=1S/C19H23N3O3/c1-14(2)24-18-6-5-15(12-21-18)19(23)22-11-3-4-17(13-22)25-16-7-9-20-10-8-16/h5-10,12,14,17H,3-4,11,13H2,1-2H3/t17-/m0/s1. The van der Waals surface area contributed by atoms with Gasteiger partial charge < -0.3 is 14.4 Å². The van der Waals surface area contributed by atoms with Gasteiger partial charge in [-0.05, 0) is 44.9 Å². The fourth-order valence-corrected chi connectivity index (χ4v) is 2.83. The lowest BCUT2D eigenvalue weighted by Crippen LogP contribution is -2.44. The fraction of sp³-hybridized carbons (Fsp3) is 0.421. The van der Waals surface area contributed by atoms with Crippen molar-refractivity contribution in [1.82, 2.24) is 14.9 Å². The lowest BCUT2D eigenvalue weighted by Gasteiger charge is -2.33. The minimum absolute atomic E-state index is 0.00314. The number of hydrogen-bond donors (Lipinski definition) is 0. The zero-order valence-corrected chi connectivity index (χ0v) is 14.6. The van der Waals surface area contributed by atoms with Crippen LogP contribution in [0, 0.1) is 0 Å². The van der Waals surface area contributed by atoms with Crippen LogP contribution in [-0.4, -0.2) is 46.1 Å². The smallest absolute Gasteiger partial charge is 0.255 e. The topological polar surface area (TPSA) is 64.5 Å². The summed E-state index contributed by atoms with van der Waals surface area (Å²) in [5.41, 5.74) is 0.570. The number of piperidine rings is 1. The van der Waals surface area contributed by atoms with Gasteiger partial charge in [-0.15, -0.1) is 0 Å². The molecule has 3 rings (SSSR count). The van der Waals surface area contributed by atoms with Gasteiger partial charge in [-0.25, -0.2) is 4.98 Å². The van der Waals surface area contributed by atoms with E-state index in [0.29, 0.717) is 18.0 Å². The molecule has 1 atom stereocenters. The highest BCUT2D eigenvalue weighted by atomic mass is 16.5. The molecule has 0 aromatic carbocycles. The van der Waals surface area contributed by atoms with E-state index in [4.69, 9.17) is 9.47 Å². The molecule has 0 saturated carbocycles. The Labute approximate surface area is 147 Å². The average Bonchev–Trinajstić information content (AvgIpc) is 2.62. The van der Waals surface area contributed by atoms with Crippen LogP contribution in [0.4, 0.5) is 0 Å². The minimum atomic E-state index is -0.0216. The van der Waals surface area contributed by atoms with E-state index in [0.717, 1.165) is 25.1 Å². The lowest BCUT2D eigenvalue weighted by molar-refractivity contribution is 0.0537. The largest absolute Gasteiger partial charge is 0.488 e. The van der Waals surface area contributed by atoms with Gasteiger partial charge in [0, 0.05) is 31.2 Å². The van der Waals surface area contributed by atoms with Crippen molar-refractivity contribution in [1.29, 1.82) is 0 Å². The van der Waals surface area contributed by atoms with Gasteiger partial charge in [0.25, 0.3) is 5.91 Å². The molecule has 132 valence electrons. The van der Waals surface area contributed by atoms with E-state index in [1.54, 1.807) is 30.7 Å². The molecule has 0 spiro atoms. The van der Waals surface area contributed by atoms with Crippen molar-refractivity contribution in [2.75, 3.05) is 13.1 Å². The Kier molecular flexibility index (Phi) is 5.48. The van der Waals surface area contributed by atoms with Crippen molar-refractivity contribution in [3.8, 4) is 11.6 Å². The Bertz CT molecular complexity index is 689. The highest BCUT2D eigenvalue weighted by Crippen LogP contribution is 2.19. The molecule has 3 heterocycles. The first-order chi connectivity index (χ1) is 12.1. The van der Waals surface area contributed by atoms with Gasteiger partial charge in [0.2, 0.25) is 5.88 Å². The predicted octanol–water partition coefficient (Wildman–Crippen LogP) is 2.95. The van der Waals surface area contributed by atoms with E-state index in [2.05, 4.69) is 9.97 Å². The third-order valence-electron chi connectivity index (χ3n) is 3.96. The van der Waals surface area contributed by atoms with Gasteiger partial charge in [0.15, 0.2) is 0 Å². The van der Waals surface area contributed by atoms with Crippen LogP contribution in [0.25, 0.3) is 0 Å². The molecule has 6 heteroatoms. The summed E-state index contributed by atoms with van der Waals surface area (Å²) in [5, 5.41) is 0. The Morgan fingerprint density at radius 2 is 2.04 bits per heavy atom.